The summed E-state index contributed by atoms with van der Waals surface area (Å²) < 4.78 is 14.1. The van der Waals surface area contributed by atoms with E-state index >= 15 is 0 Å². The second-order valence-electron chi connectivity index (χ2n) is 6.32. The third-order valence-electron chi connectivity index (χ3n) is 4.37. The van der Waals surface area contributed by atoms with Gasteiger partial charge in [0.25, 0.3) is 0 Å². The fourth-order valence-electron chi connectivity index (χ4n) is 2.94. The van der Waals surface area contributed by atoms with Gasteiger partial charge in [-0.05, 0) is 55.8 Å². The maximum Gasteiger partial charge on any atom is 0.153 e. The van der Waals surface area contributed by atoms with Crippen molar-refractivity contribution in [3.05, 3.63) is 48.0 Å². The minimum atomic E-state index is -0.258. The SMILES string of the molecule is CN(Cc1cc(F)cc(-c2ccc3ncnc(N)c3n2)c1)C1CC1.Cl. The van der Waals surface area contributed by atoms with Gasteiger partial charge in [0.15, 0.2) is 5.82 Å². The predicted molar refractivity (Wildman–Crippen MR) is 98.9 cm³/mol. The van der Waals surface area contributed by atoms with Gasteiger partial charge < -0.3 is 5.73 Å². The van der Waals surface area contributed by atoms with Gasteiger partial charge in [-0.3, -0.25) is 4.90 Å². The Balaban J connectivity index is 0.00000182. The Labute approximate surface area is 151 Å². The number of nitrogens with two attached hydrogens (primary N) is 1. The summed E-state index contributed by atoms with van der Waals surface area (Å²) in [5, 5.41) is 0. The molecule has 0 amide bonds. The highest BCUT2D eigenvalue weighted by atomic mass is 35.5. The van der Waals surface area contributed by atoms with Crippen LogP contribution in [0.4, 0.5) is 10.2 Å². The van der Waals surface area contributed by atoms with Crippen LogP contribution in [-0.2, 0) is 6.54 Å². The molecule has 1 aromatic carbocycles. The average Bonchev–Trinajstić information content (AvgIpc) is 3.39. The summed E-state index contributed by atoms with van der Waals surface area (Å²) in [6.07, 6.45) is 3.86. The molecule has 0 atom stereocenters. The number of benzene rings is 1. The molecule has 130 valence electrons. The largest absolute Gasteiger partial charge is 0.382 e. The second-order valence-corrected chi connectivity index (χ2v) is 6.32. The van der Waals surface area contributed by atoms with Gasteiger partial charge in [-0.1, -0.05) is 0 Å². The van der Waals surface area contributed by atoms with Crippen LogP contribution in [0.2, 0.25) is 0 Å². The van der Waals surface area contributed by atoms with Gasteiger partial charge >= 0.3 is 0 Å². The van der Waals surface area contributed by atoms with Gasteiger partial charge in [-0.2, -0.15) is 0 Å². The van der Waals surface area contributed by atoms with Gasteiger partial charge in [0.2, 0.25) is 0 Å². The van der Waals surface area contributed by atoms with Crippen molar-refractivity contribution in [2.45, 2.75) is 25.4 Å². The first-order valence-corrected chi connectivity index (χ1v) is 7.97. The van der Waals surface area contributed by atoms with Crippen molar-refractivity contribution in [3.8, 4) is 11.3 Å². The van der Waals surface area contributed by atoms with E-state index in [0.29, 0.717) is 28.6 Å². The number of fused-ring (bicyclic) bond motifs is 1. The Morgan fingerprint density at radius 1 is 1.20 bits per heavy atom. The maximum atomic E-state index is 14.1. The molecule has 0 saturated heterocycles. The Kier molecular flexibility index (Phi) is 4.83. The van der Waals surface area contributed by atoms with Crippen molar-refractivity contribution in [1.82, 2.24) is 19.9 Å². The number of nitrogens with zero attached hydrogens (tertiary/aromatic N) is 4. The van der Waals surface area contributed by atoms with Crippen LogP contribution in [0.25, 0.3) is 22.3 Å². The smallest absolute Gasteiger partial charge is 0.153 e. The van der Waals surface area contributed by atoms with Crippen LogP contribution in [0.15, 0.2) is 36.7 Å². The first-order chi connectivity index (χ1) is 11.6. The van der Waals surface area contributed by atoms with Gasteiger partial charge in [-0.15, -0.1) is 12.4 Å². The summed E-state index contributed by atoms with van der Waals surface area (Å²) in [4.78, 5) is 14.9. The standard InChI is InChI=1S/C18H18FN5.ClH/c1-24(14-2-3-14)9-11-6-12(8-13(19)7-11)15-4-5-16-17(23-15)18(20)22-10-21-16;/h4-8,10,14H,2-3,9H2,1H3,(H2,20,21,22);1H. The molecule has 2 heterocycles. The van der Waals surface area contributed by atoms with E-state index in [9.17, 15) is 4.39 Å². The summed E-state index contributed by atoms with van der Waals surface area (Å²) in [5.41, 5.74) is 9.43. The molecule has 25 heavy (non-hydrogen) atoms. The number of anilines is 1. The molecular weight excluding hydrogens is 341 g/mol. The molecule has 3 aromatic rings. The molecular formula is C18H19ClFN5. The second kappa shape index (κ2) is 6.90. The van der Waals surface area contributed by atoms with Gasteiger partial charge in [0.1, 0.15) is 17.7 Å². The fraction of sp³-hybridized carbons (Fsp3) is 0.278. The van der Waals surface area contributed by atoms with E-state index in [1.54, 1.807) is 6.07 Å². The number of hydrogen-bond acceptors (Lipinski definition) is 5. The fourth-order valence-corrected chi connectivity index (χ4v) is 2.94. The summed E-state index contributed by atoms with van der Waals surface area (Å²) in [6.45, 7) is 0.730. The van der Waals surface area contributed by atoms with Crippen LogP contribution >= 0.6 is 12.4 Å². The highest BCUT2D eigenvalue weighted by Gasteiger charge is 2.26. The lowest BCUT2D eigenvalue weighted by atomic mass is 10.1. The van der Waals surface area contributed by atoms with Crippen molar-refractivity contribution in [2.24, 2.45) is 0 Å². The molecule has 5 nitrogen and oxygen atoms in total. The maximum absolute atomic E-state index is 14.1. The van der Waals surface area contributed by atoms with Crippen molar-refractivity contribution in [2.75, 3.05) is 12.8 Å². The number of hydrogen-bond donors (Lipinski definition) is 1. The molecule has 0 unspecified atom stereocenters. The van der Waals surface area contributed by atoms with E-state index in [2.05, 4.69) is 26.9 Å². The van der Waals surface area contributed by atoms with E-state index < -0.39 is 0 Å². The molecule has 1 fully saturated rings. The summed E-state index contributed by atoms with van der Waals surface area (Å²) in [5.74, 6) is 0.0674. The zero-order valence-corrected chi connectivity index (χ0v) is 14.6. The number of pyridine rings is 1. The third kappa shape index (κ3) is 3.70. The van der Waals surface area contributed by atoms with Crippen molar-refractivity contribution in [1.29, 1.82) is 0 Å². The molecule has 1 aliphatic carbocycles. The molecule has 2 N–H and O–H groups in total. The Morgan fingerprint density at radius 3 is 2.76 bits per heavy atom. The molecule has 7 heteroatoms. The van der Waals surface area contributed by atoms with Crippen molar-refractivity contribution in [3.63, 3.8) is 0 Å². The van der Waals surface area contributed by atoms with Crippen LogP contribution in [0.3, 0.4) is 0 Å². The zero-order valence-electron chi connectivity index (χ0n) is 13.8. The van der Waals surface area contributed by atoms with Crippen LogP contribution in [0.1, 0.15) is 18.4 Å². The molecule has 0 aliphatic heterocycles. The van der Waals surface area contributed by atoms with Gasteiger partial charge in [0.05, 0.1) is 11.2 Å². The lowest BCUT2D eigenvalue weighted by Gasteiger charge is -2.16. The average molecular weight is 360 g/mol. The Morgan fingerprint density at radius 2 is 2.00 bits per heavy atom. The molecule has 4 rings (SSSR count). The molecule has 0 spiro atoms. The normalized spacial score (nSPS) is 13.9. The predicted octanol–water partition coefficient (Wildman–Crippen LogP) is 3.43. The summed E-state index contributed by atoms with van der Waals surface area (Å²) in [7, 11) is 2.08. The Hall–Kier alpha value is -2.31. The van der Waals surface area contributed by atoms with Crippen LogP contribution in [0.5, 0.6) is 0 Å². The van der Waals surface area contributed by atoms with E-state index in [4.69, 9.17) is 5.73 Å². The summed E-state index contributed by atoms with van der Waals surface area (Å²) >= 11 is 0. The monoisotopic (exact) mass is 359 g/mol. The topological polar surface area (TPSA) is 67.9 Å². The highest BCUT2D eigenvalue weighted by molar-refractivity contribution is 5.86. The number of nitrogen functional groups attached to an aromatic ring is 1. The van der Waals surface area contributed by atoms with Gasteiger partial charge in [0, 0.05) is 18.2 Å². The highest BCUT2D eigenvalue weighted by Crippen LogP contribution is 2.28. The number of aromatic nitrogens is 3. The quantitative estimate of drug-likeness (QED) is 0.773. The van der Waals surface area contributed by atoms with E-state index in [0.717, 1.165) is 17.7 Å². The molecule has 1 saturated carbocycles. The minimum Gasteiger partial charge on any atom is -0.382 e. The molecule has 0 radical (unpaired) electrons. The van der Waals surface area contributed by atoms with E-state index in [1.807, 2.05) is 18.2 Å². The zero-order chi connectivity index (χ0) is 16.7. The lowest BCUT2D eigenvalue weighted by Crippen LogP contribution is -2.20. The van der Waals surface area contributed by atoms with Crippen LogP contribution < -0.4 is 5.73 Å². The van der Waals surface area contributed by atoms with Crippen LogP contribution in [0, 0.1) is 5.82 Å². The van der Waals surface area contributed by atoms with Crippen LogP contribution in [-0.4, -0.2) is 32.9 Å². The first kappa shape index (κ1) is 17.5. The molecule has 2 aromatic heterocycles. The molecule has 0 bridgehead atoms. The molecule has 1 aliphatic rings. The number of rotatable bonds is 4. The summed E-state index contributed by atoms with van der Waals surface area (Å²) in [6, 6.07) is 9.35. The van der Waals surface area contributed by atoms with Crippen molar-refractivity contribution < 1.29 is 4.39 Å². The lowest BCUT2D eigenvalue weighted by molar-refractivity contribution is 0.316. The van der Waals surface area contributed by atoms with E-state index in [1.165, 1.54) is 25.2 Å². The van der Waals surface area contributed by atoms with E-state index in [-0.39, 0.29) is 18.2 Å². The number of halogens is 2. The minimum absolute atomic E-state index is 0. The van der Waals surface area contributed by atoms with Gasteiger partial charge in [-0.25, -0.2) is 19.3 Å². The first-order valence-electron chi connectivity index (χ1n) is 7.97. The third-order valence-corrected chi connectivity index (χ3v) is 4.37. The van der Waals surface area contributed by atoms with Crippen molar-refractivity contribution >= 4 is 29.3 Å². The Bertz CT molecular complexity index is 913.